The molecule has 0 aliphatic heterocycles. The monoisotopic (exact) mass is 182 g/mol. The maximum absolute atomic E-state index is 13.1. The average Bonchev–Trinajstić information content (AvgIpc) is 2.10. The van der Waals surface area contributed by atoms with E-state index in [0.717, 1.165) is 12.1 Å². The molecule has 0 heterocycles. The van der Waals surface area contributed by atoms with Gasteiger partial charge in [0.05, 0.1) is 5.56 Å². The third-order valence-corrected chi connectivity index (χ3v) is 1.87. The van der Waals surface area contributed by atoms with Gasteiger partial charge in [0, 0.05) is 0 Å². The molecule has 0 saturated heterocycles. The van der Waals surface area contributed by atoms with Crippen LogP contribution in [0.3, 0.4) is 0 Å². The summed E-state index contributed by atoms with van der Waals surface area (Å²) in [6.07, 6.45) is 0.180. The highest BCUT2D eigenvalue weighted by Gasteiger charge is 2.12. The Morgan fingerprint density at radius 1 is 1.38 bits per heavy atom. The first kappa shape index (κ1) is 9.90. The molecular weight excluding hydrogens is 173 g/mol. The van der Waals surface area contributed by atoms with Gasteiger partial charge in [-0.2, -0.15) is 0 Å². The molecule has 1 nitrogen and oxygen atoms in total. The van der Waals surface area contributed by atoms with Gasteiger partial charge in [-0.15, -0.1) is 0 Å². The fourth-order valence-electron chi connectivity index (χ4n) is 1.05. The lowest BCUT2D eigenvalue weighted by Crippen LogP contribution is -2.03. The second kappa shape index (κ2) is 3.68. The topological polar surface area (TPSA) is 17.1 Å². The van der Waals surface area contributed by atoms with E-state index in [1.807, 2.05) is 0 Å². The quantitative estimate of drug-likeness (QED) is 0.500. The molecule has 0 atom stereocenters. The Labute approximate surface area is 76.2 Å². The molecule has 1 aromatic carbocycles. The molecule has 0 aliphatic carbocycles. The van der Waals surface area contributed by atoms with Crippen LogP contribution in [0.1, 0.15) is 15.9 Å². The Morgan fingerprint density at radius 3 is 2.54 bits per heavy atom. The third-order valence-electron chi connectivity index (χ3n) is 1.87. The van der Waals surface area contributed by atoms with Crippen LogP contribution < -0.4 is 0 Å². The van der Waals surface area contributed by atoms with Crippen molar-refractivity contribution >= 4 is 13.6 Å². The minimum Gasteiger partial charge on any atom is -0.295 e. The summed E-state index contributed by atoms with van der Waals surface area (Å²) in [6.45, 7) is 1.46. The van der Waals surface area contributed by atoms with Crippen molar-refractivity contribution in [3.8, 4) is 0 Å². The van der Waals surface area contributed by atoms with Crippen LogP contribution in [0.5, 0.6) is 0 Å². The highest BCUT2D eigenvalue weighted by molar-refractivity contribution is 6.24. The molecule has 0 amide bonds. The van der Waals surface area contributed by atoms with Crippen molar-refractivity contribution in [3.05, 3.63) is 34.9 Å². The number of ketones is 1. The molecule has 4 heteroatoms. The van der Waals surface area contributed by atoms with Crippen molar-refractivity contribution in [2.24, 2.45) is 0 Å². The molecule has 0 spiro atoms. The van der Waals surface area contributed by atoms with E-state index in [-0.39, 0.29) is 23.2 Å². The predicted octanol–water partition coefficient (Wildman–Crippen LogP) is 1.51. The molecule has 1 aromatic rings. The maximum atomic E-state index is 13.1. The Balaban J connectivity index is 3.23. The second-order valence-corrected chi connectivity index (χ2v) is 2.86. The van der Waals surface area contributed by atoms with Gasteiger partial charge in [0.25, 0.3) is 0 Å². The van der Waals surface area contributed by atoms with Crippen molar-refractivity contribution in [2.45, 2.75) is 13.2 Å². The van der Waals surface area contributed by atoms with E-state index in [2.05, 4.69) is 0 Å². The molecule has 13 heavy (non-hydrogen) atoms. The fourth-order valence-corrected chi connectivity index (χ4v) is 1.05. The van der Waals surface area contributed by atoms with E-state index >= 15 is 0 Å². The average molecular weight is 182 g/mol. The van der Waals surface area contributed by atoms with Crippen molar-refractivity contribution < 1.29 is 13.6 Å². The van der Waals surface area contributed by atoms with Crippen LogP contribution in [-0.2, 0) is 0 Å². The first-order valence-corrected chi connectivity index (χ1v) is 4.05. The standard InChI is InChI=1S/C9H9BF2O/c1-5-2-8(12)6(3-7(5)11)9(13)4-10/h2-3H,4,10H2,1H3. The van der Waals surface area contributed by atoms with Crippen LogP contribution in [0.2, 0.25) is 6.32 Å². The van der Waals surface area contributed by atoms with Gasteiger partial charge in [0.15, 0.2) is 5.78 Å². The molecule has 0 radical (unpaired) electrons. The Kier molecular flexibility index (Phi) is 2.81. The van der Waals surface area contributed by atoms with Gasteiger partial charge in [0.1, 0.15) is 19.5 Å². The van der Waals surface area contributed by atoms with E-state index < -0.39 is 11.6 Å². The lowest BCUT2D eigenvalue weighted by Gasteiger charge is -2.02. The largest absolute Gasteiger partial charge is 0.295 e. The third kappa shape index (κ3) is 1.94. The van der Waals surface area contributed by atoms with Gasteiger partial charge < -0.3 is 0 Å². The summed E-state index contributed by atoms with van der Waals surface area (Å²) in [5.41, 5.74) is 0.0516. The summed E-state index contributed by atoms with van der Waals surface area (Å²) in [6, 6.07) is 1.99. The van der Waals surface area contributed by atoms with Crippen molar-refractivity contribution in [1.29, 1.82) is 0 Å². The van der Waals surface area contributed by atoms with Gasteiger partial charge in [-0.3, -0.25) is 4.79 Å². The number of Topliss-reactive ketones (excluding diaryl/α,β-unsaturated/α-hetero) is 1. The molecule has 1 rings (SSSR count). The summed E-state index contributed by atoms with van der Waals surface area (Å²) in [5, 5.41) is 0. The first-order valence-electron chi connectivity index (χ1n) is 4.05. The number of carbonyl (C=O) groups is 1. The second-order valence-electron chi connectivity index (χ2n) is 2.86. The minimum atomic E-state index is -0.647. The van der Waals surface area contributed by atoms with Crippen molar-refractivity contribution in [2.75, 3.05) is 0 Å². The summed E-state index contributed by atoms with van der Waals surface area (Å²) >= 11 is 0. The molecule has 0 aromatic heterocycles. The maximum Gasteiger partial charge on any atom is 0.158 e. The van der Waals surface area contributed by atoms with Gasteiger partial charge in [-0.05, 0) is 30.9 Å². The van der Waals surface area contributed by atoms with Gasteiger partial charge in [-0.25, -0.2) is 8.78 Å². The zero-order chi connectivity index (χ0) is 10.0. The Bertz CT molecular complexity index is 350. The van der Waals surface area contributed by atoms with Crippen LogP contribution in [0.4, 0.5) is 8.78 Å². The smallest absolute Gasteiger partial charge is 0.158 e. The molecule has 0 fully saturated rings. The van der Waals surface area contributed by atoms with E-state index in [9.17, 15) is 13.6 Å². The van der Waals surface area contributed by atoms with Crippen LogP contribution >= 0.6 is 0 Å². The fraction of sp³-hybridized carbons (Fsp3) is 0.222. The number of rotatable bonds is 2. The zero-order valence-electron chi connectivity index (χ0n) is 7.53. The van der Waals surface area contributed by atoms with Crippen molar-refractivity contribution in [1.82, 2.24) is 0 Å². The number of carbonyl (C=O) groups excluding carboxylic acids is 1. The highest BCUT2D eigenvalue weighted by Crippen LogP contribution is 2.15. The molecule has 0 bridgehead atoms. The molecule has 0 aliphatic rings. The van der Waals surface area contributed by atoms with Gasteiger partial charge >= 0.3 is 0 Å². The lowest BCUT2D eigenvalue weighted by molar-refractivity contribution is 0.101. The number of hydrogen-bond donors (Lipinski definition) is 0. The molecule has 0 saturated carbocycles. The van der Waals surface area contributed by atoms with Crippen LogP contribution in [0.15, 0.2) is 12.1 Å². The first-order chi connectivity index (χ1) is 6.06. The Hall–Kier alpha value is -1.19. The van der Waals surface area contributed by atoms with E-state index in [1.54, 1.807) is 7.85 Å². The van der Waals surface area contributed by atoms with E-state index in [0.29, 0.717) is 0 Å². The number of halogens is 2. The van der Waals surface area contributed by atoms with Gasteiger partial charge in [-0.1, -0.05) is 0 Å². The number of benzene rings is 1. The number of aryl methyl sites for hydroxylation is 1. The van der Waals surface area contributed by atoms with Gasteiger partial charge in [0.2, 0.25) is 0 Å². The summed E-state index contributed by atoms with van der Waals surface area (Å²) in [7, 11) is 1.61. The summed E-state index contributed by atoms with van der Waals surface area (Å²) in [4.78, 5) is 11.1. The lowest BCUT2D eigenvalue weighted by atomic mass is 9.95. The van der Waals surface area contributed by atoms with E-state index in [1.165, 1.54) is 6.92 Å². The highest BCUT2D eigenvalue weighted by atomic mass is 19.1. The normalized spacial score (nSPS) is 10.1. The number of hydrogen-bond acceptors (Lipinski definition) is 1. The van der Waals surface area contributed by atoms with Crippen LogP contribution in [0, 0.1) is 18.6 Å². The van der Waals surface area contributed by atoms with Crippen LogP contribution in [0.25, 0.3) is 0 Å². The minimum absolute atomic E-state index is 0.161. The molecular formula is C9H9BF2O. The SMILES string of the molecule is BCC(=O)c1cc(F)c(C)cc1F. The molecule has 0 unspecified atom stereocenters. The van der Waals surface area contributed by atoms with Crippen LogP contribution in [-0.4, -0.2) is 13.6 Å². The Morgan fingerprint density at radius 2 is 2.00 bits per heavy atom. The van der Waals surface area contributed by atoms with Crippen molar-refractivity contribution in [3.63, 3.8) is 0 Å². The summed E-state index contributed by atoms with van der Waals surface area (Å²) in [5.74, 6) is -1.57. The zero-order valence-corrected chi connectivity index (χ0v) is 7.53. The predicted molar refractivity (Wildman–Crippen MR) is 48.8 cm³/mol. The van der Waals surface area contributed by atoms with E-state index in [4.69, 9.17) is 0 Å². The molecule has 68 valence electrons. The molecule has 0 N–H and O–H groups in total. The summed E-state index contributed by atoms with van der Waals surface area (Å²) < 4.78 is 26.0.